The first-order chi connectivity index (χ1) is 9.90. The van der Waals surface area contributed by atoms with Crippen molar-refractivity contribution in [2.45, 2.75) is 6.92 Å². The van der Waals surface area contributed by atoms with Crippen LogP contribution >= 0.6 is 0 Å². The third-order valence-electron chi connectivity index (χ3n) is 3.20. The van der Waals surface area contributed by atoms with E-state index >= 15 is 0 Å². The van der Waals surface area contributed by atoms with Crippen LogP contribution in [-0.2, 0) is 0 Å². The SMILES string of the molecule is Cc1ccc(N(C)C(=O)c2ccc([N+](=O)[O-])c(N)c2)cc1. The van der Waals surface area contributed by atoms with E-state index in [1.165, 1.54) is 23.1 Å². The van der Waals surface area contributed by atoms with Gasteiger partial charge in [0.1, 0.15) is 5.69 Å². The van der Waals surface area contributed by atoms with Gasteiger partial charge in [0.25, 0.3) is 11.6 Å². The molecule has 0 saturated carbocycles. The summed E-state index contributed by atoms with van der Waals surface area (Å²) in [5.41, 5.74) is 7.52. The van der Waals surface area contributed by atoms with E-state index in [9.17, 15) is 14.9 Å². The number of nitrogens with two attached hydrogens (primary N) is 1. The Balaban J connectivity index is 2.29. The van der Waals surface area contributed by atoms with Gasteiger partial charge in [0.2, 0.25) is 0 Å². The Bertz CT molecular complexity index is 696. The molecule has 0 spiro atoms. The molecule has 0 aliphatic heterocycles. The number of nitrogens with zero attached hydrogens (tertiary/aromatic N) is 2. The van der Waals surface area contributed by atoms with Gasteiger partial charge in [0, 0.05) is 24.4 Å². The minimum absolute atomic E-state index is 0.0249. The number of benzene rings is 2. The molecule has 0 heterocycles. The molecule has 0 atom stereocenters. The fraction of sp³-hybridized carbons (Fsp3) is 0.133. The standard InChI is InChI=1S/C15H15N3O3/c1-10-3-6-12(7-4-10)17(2)15(19)11-5-8-14(18(20)21)13(16)9-11/h3-9H,16H2,1-2H3. The van der Waals surface area contributed by atoms with Gasteiger partial charge in [-0.25, -0.2) is 0 Å². The Morgan fingerprint density at radius 1 is 1.19 bits per heavy atom. The van der Waals surface area contributed by atoms with Gasteiger partial charge in [-0.15, -0.1) is 0 Å². The first-order valence-corrected chi connectivity index (χ1v) is 6.29. The maximum Gasteiger partial charge on any atom is 0.292 e. The van der Waals surface area contributed by atoms with Crippen LogP contribution in [0.3, 0.4) is 0 Å². The van der Waals surface area contributed by atoms with E-state index in [4.69, 9.17) is 5.73 Å². The second-order valence-electron chi connectivity index (χ2n) is 4.73. The van der Waals surface area contributed by atoms with Crippen molar-refractivity contribution in [3.8, 4) is 0 Å². The van der Waals surface area contributed by atoms with Crippen molar-refractivity contribution in [1.29, 1.82) is 0 Å². The number of carbonyl (C=O) groups excluding carboxylic acids is 1. The molecule has 0 aliphatic carbocycles. The molecule has 6 nitrogen and oxygen atoms in total. The summed E-state index contributed by atoms with van der Waals surface area (Å²) in [6.45, 7) is 1.96. The van der Waals surface area contributed by atoms with Crippen molar-refractivity contribution in [3.05, 3.63) is 63.7 Å². The molecular formula is C15H15N3O3. The Morgan fingerprint density at radius 3 is 2.33 bits per heavy atom. The lowest BCUT2D eigenvalue weighted by Crippen LogP contribution is -2.26. The second-order valence-corrected chi connectivity index (χ2v) is 4.73. The van der Waals surface area contributed by atoms with Crippen molar-refractivity contribution >= 4 is 23.0 Å². The smallest absolute Gasteiger partial charge is 0.292 e. The molecule has 2 N–H and O–H groups in total. The van der Waals surface area contributed by atoms with E-state index in [2.05, 4.69) is 0 Å². The van der Waals surface area contributed by atoms with Gasteiger partial charge in [0.05, 0.1) is 4.92 Å². The quantitative estimate of drug-likeness (QED) is 0.533. The van der Waals surface area contributed by atoms with Gasteiger partial charge in [-0.05, 0) is 31.2 Å². The Morgan fingerprint density at radius 2 is 1.81 bits per heavy atom. The molecule has 0 aromatic heterocycles. The molecule has 108 valence electrons. The van der Waals surface area contributed by atoms with Gasteiger partial charge in [-0.3, -0.25) is 14.9 Å². The Hall–Kier alpha value is -2.89. The van der Waals surface area contributed by atoms with Crippen LogP contribution < -0.4 is 10.6 Å². The highest BCUT2D eigenvalue weighted by Gasteiger charge is 2.17. The average Bonchev–Trinajstić information content (AvgIpc) is 2.46. The largest absolute Gasteiger partial charge is 0.393 e. The summed E-state index contributed by atoms with van der Waals surface area (Å²) in [5, 5.41) is 10.7. The van der Waals surface area contributed by atoms with Gasteiger partial charge < -0.3 is 10.6 Å². The number of anilines is 2. The molecular weight excluding hydrogens is 270 g/mol. The number of hydrogen-bond donors (Lipinski definition) is 1. The van der Waals surface area contributed by atoms with E-state index in [1.54, 1.807) is 7.05 Å². The van der Waals surface area contributed by atoms with Crippen LogP contribution in [0.2, 0.25) is 0 Å². The van der Waals surface area contributed by atoms with E-state index in [-0.39, 0.29) is 17.3 Å². The zero-order chi connectivity index (χ0) is 15.6. The molecule has 2 aromatic carbocycles. The summed E-state index contributed by atoms with van der Waals surface area (Å²) < 4.78 is 0. The van der Waals surface area contributed by atoms with Crippen LogP contribution in [0.5, 0.6) is 0 Å². The van der Waals surface area contributed by atoms with Crippen molar-refractivity contribution in [2.75, 3.05) is 17.7 Å². The molecule has 2 aromatic rings. The third kappa shape index (κ3) is 3.00. The highest BCUT2D eigenvalue weighted by molar-refractivity contribution is 6.06. The summed E-state index contributed by atoms with van der Waals surface area (Å²) in [6.07, 6.45) is 0. The Labute approximate surface area is 121 Å². The molecule has 0 bridgehead atoms. The molecule has 0 unspecified atom stereocenters. The molecule has 2 rings (SSSR count). The van der Waals surface area contributed by atoms with Crippen molar-refractivity contribution in [1.82, 2.24) is 0 Å². The van der Waals surface area contributed by atoms with E-state index in [1.807, 2.05) is 31.2 Å². The van der Waals surface area contributed by atoms with Crippen LogP contribution in [0, 0.1) is 17.0 Å². The fourth-order valence-corrected chi connectivity index (χ4v) is 1.93. The predicted molar refractivity (Wildman–Crippen MR) is 81.4 cm³/mol. The second kappa shape index (κ2) is 5.62. The number of rotatable bonds is 3. The van der Waals surface area contributed by atoms with E-state index in [0.29, 0.717) is 5.56 Å². The maximum absolute atomic E-state index is 12.4. The molecule has 0 aliphatic rings. The zero-order valence-corrected chi connectivity index (χ0v) is 11.7. The minimum Gasteiger partial charge on any atom is -0.393 e. The molecule has 6 heteroatoms. The first-order valence-electron chi connectivity index (χ1n) is 6.29. The molecule has 1 amide bonds. The summed E-state index contributed by atoms with van der Waals surface area (Å²) in [7, 11) is 1.64. The molecule has 0 saturated heterocycles. The summed E-state index contributed by atoms with van der Waals surface area (Å²) in [6, 6.07) is 11.5. The Kier molecular flexibility index (Phi) is 3.89. The zero-order valence-electron chi connectivity index (χ0n) is 11.7. The van der Waals surface area contributed by atoms with Crippen LogP contribution in [0.25, 0.3) is 0 Å². The van der Waals surface area contributed by atoms with Crippen molar-refractivity contribution in [2.24, 2.45) is 0 Å². The van der Waals surface area contributed by atoms with Gasteiger partial charge >= 0.3 is 0 Å². The van der Waals surface area contributed by atoms with E-state index in [0.717, 1.165) is 11.3 Å². The monoisotopic (exact) mass is 285 g/mol. The lowest BCUT2D eigenvalue weighted by Gasteiger charge is -2.17. The number of carbonyl (C=O) groups is 1. The topological polar surface area (TPSA) is 89.5 Å². The van der Waals surface area contributed by atoms with Crippen LogP contribution in [-0.4, -0.2) is 17.9 Å². The van der Waals surface area contributed by atoms with Crippen molar-refractivity contribution < 1.29 is 9.72 Å². The fourth-order valence-electron chi connectivity index (χ4n) is 1.93. The molecule has 0 fully saturated rings. The minimum atomic E-state index is -0.576. The molecule has 0 radical (unpaired) electrons. The van der Waals surface area contributed by atoms with Gasteiger partial charge in [0.15, 0.2) is 0 Å². The number of nitro groups is 1. The van der Waals surface area contributed by atoms with Crippen molar-refractivity contribution in [3.63, 3.8) is 0 Å². The van der Waals surface area contributed by atoms with Gasteiger partial charge in [-0.2, -0.15) is 0 Å². The third-order valence-corrected chi connectivity index (χ3v) is 3.20. The number of nitrogen functional groups attached to an aromatic ring is 1. The highest BCUT2D eigenvalue weighted by atomic mass is 16.6. The van der Waals surface area contributed by atoms with Crippen LogP contribution in [0.4, 0.5) is 17.1 Å². The first kappa shape index (κ1) is 14.5. The highest BCUT2D eigenvalue weighted by Crippen LogP contribution is 2.24. The molecule has 21 heavy (non-hydrogen) atoms. The number of aryl methyl sites for hydroxylation is 1. The number of amides is 1. The van der Waals surface area contributed by atoms with Gasteiger partial charge in [-0.1, -0.05) is 17.7 Å². The van der Waals surface area contributed by atoms with Crippen LogP contribution in [0.1, 0.15) is 15.9 Å². The lowest BCUT2D eigenvalue weighted by molar-refractivity contribution is -0.383. The summed E-state index contributed by atoms with van der Waals surface area (Å²) in [4.78, 5) is 24.0. The van der Waals surface area contributed by atoms with Crippen LogP contribution in [0.15, 0.2) is 42.5 Å². The number of nitro benzene ring substituents is 1. The normalized spacial score (nSPS) is 10.2. The number of hydrogen-bond acceptors (Lipinski definition) is 4. The lowest BCUT2D eigenvalue weighted by atomic mass is 10.1. The van der Waals surface area contributed by atoms with E-state index < -0.39 is 4.92 Å². The summed E-state index contributed by atoms with van der Waals surface area (Å²) >= 11 is 0. The predicted octanol–water partition coefficient (Wildman–Crippen LogP) is 2.76. The maximum atomic E-state index is 12.4. The summed E-state index contributed by atoms with van der Waals surface area (Å²) in [5.74, 6) is -0.277. The average molecular weight is 285 g/mol.